The second-order valence-electron chi connectivity index (χ2n) is 4.63. The highest BCUT2D eigenvalue weighted by Gasteiger charge is 2.28. The summed E-state index contributed by atoms with van der Waals surface area (Å²) in [6.07, 6.45) is 2.29. The van der Waals surface area contributed by atoms with Crippen molar-refractivity contribution in [2.75, 3.05) is 19.7 Å². The molecule has 1 aliphatic rings. The molecule has 1 fully saturated rings. The van der Waals surface area contributed by atoms with Crippen LogP contribution in [0.1, 0.15) is 33.6 Å². The Bertz CT molecular complexity index is 225. The molecule has 0 aliphatic carbocycles. The molecule has 1 aliphatic heterocycles. The van der Waals surface area contributed by atoms with Gasteiger partial charge in [-0.15, -0.1) is 0 Å². The van der Waals surface area contributed by atoms with Crippen LogP contribution in [0.2, 0.25) is 0 Å². The van der Waals surface area contributed by atoms with Crippen molar-refractivity contribution in [1.82, 2.24) is 4.90 Å². The van der Waals surface area contributed by atoms with Crippen molar-refractivity contribution in [3.63, 3.8) is 0 Å². The summed E-state index contributed by atoms with van der Waals surface area (Å²) in [5.74, 6) is 0.571. The number of carbonyl (C=O) groups is 1. The maximum absolute atomic E-state index is 12.0. The summed E-state index contributed by atoms with van der Waals surface area (Å²) >= 11 is 3.47. The first-order valence-corrected chi connectivity index (χ1v) is 7.02. The lowest BCUT2D eigenvalue weighted by Crippen LogP contribution is -2.45. The standard InChI is InChI=1S/C12H22BrNO2/c1-4-16-10-5-7-14(8-6-10)12(15)11(13)9(2)3/h9-11H,4-8H2,1-3H3. The van der Waals surface area contributed by atoms with Gasteiger partial charge in [-0.25, -0.2) is 0 Å². The van der Waals surface area contributed by atoms with E-state index in [4.69, 9.17) is 4.74 Å². The Morgan fingerprint density at radius 3 is 2.44 bits per heavy atom. The van der Waals surface area contributed by atoms with Gasteiger partial charge in [0.1, 0.15) is 0 Å². The van der Waals surface area contributed by atoms with Gasteiger partial charge in [-0.1, -0.05) is 29.8 Å². The smallest absolute Gasteiger partial charge is 0.236 e. The highest BCUT2D eigenvalue weighted by atomic mass is 79.9. The van der Waals surface area contributed by atoms with Crippen molar-refractivity contribution >= 4 is 21.8 Å². The Labute approximate surface area is 107 Å². The molecular weight excluding hydrogens is 270 g/mol. The maximum atomic E-state index is 12.0. The lowest BCUT2D eigenvalue weighted by Gasteiger charge is -2.33. The molecule has 0 N–H and O–H groups in total. The van der Waals surface area contributed by atoms with Gasteiger partial charge in [0, 0.05) is 19.7 Å². The average Bonchev–Trinajstić information content (AvgIpc) is 2.28. The third-order valence-electron chi connectivity index (χ3n) is 2.98. The predicted molar refractivity (Wildman–Crippen MR) is 68.8 cm³/mol. The Kier molecular flexibility index (Phi) is 5.76. The third kappa shape index (κ3) is 3.74. The molecule has 16 heavy (non-hydrogen) atoms. The van der Waals surface area contributed by atoms with Gasteiger partial charge in [0.05, 0.1) is 10.9 Å². The fourth-order valence-corrected chi connectivity index (χ4v) is 2.23. The fraction of sp³-hybridized carbons (Fsp3) is 0.917. The number of halogens is 1. The number of alkyl halides is 1. The van der Waals surface area contributed by atoms with Gasteiger partial charge in [-0.05, 0) is 25.7 Å². The molecule has 1 rings (SSSR count). The summed E-state index contributed by atoms with van der Waals surface area (Å²) in [4.78, 5) is 14.0. The summed E-state index contributed by atoms with van der Waals surface area (Å²) in [7, 11) is 0. The molecule has 1 amide bonds. The van der Waals surface area contributed by atoms with Crippen LogP contribution in [-0.2, 0) is 9.53 Å². The number of hydrogen-bond donors (Lipinski definition) is 0. The summed E-state index contributed by atoms with van der Waals surface area (Å²) in [6.45, 7) is 8.57. The first kappa shape index (κ1) is 14.0. The first-order chi connectivity index (χ1) is 7.56. The van der Waals surface area contributed by atoms with Gasteiger partial charge in [0.2, 0.25) is 5.91 Å². The molecular formula is C12H22BrNO2. The molecule has 4 heteroatoms. The topological polar surface area (TPSA) is 29.5 Å². The Balaban J connectivity index is 2.38. The number of ether oxygens (including phenoxy) is 1. The molecule has 0 aromatic carbocycles. The molecule has 0 aromatic rings. The molecule has 0 spiro atoms. The van der Waals surface area contributed by atoms with Crippen molar-refractivity contribution in [1.29, 1.82) is 0 Å². The zero-order valence-corrected chi connectivity index (χ0v) is 12.0. The van der Waals surface area contributed by atoms with Gasteiger partial charge < -0.3 is 9.64 Å². The summed E-state index contributed by atoms with van der Waals surface area (Å²) in [5.41, 5.74) is 0. The highest BCUT2D eigenvalue weighted by molar-refractivity contribution is 9.10. The minimum atomic E-state index is -0.0452. The maximum Gasteiger partial charge on any atom is 0.236 e. The van der Waals surface area contributed by atoms with E-state index in [0.717, 1.165) is 32.5 Å². The molecule has 1 saturated heterocycles. The second-order valence-corrected chi connectivity index (χ2v) is 5.61. The molecule has 0 bridgehead atoms. The summed E-state index contributed by atoms with van der Waals surface area (Å²) in [6, 6.07) is 0. The predicted octanol–water partition coefficient (Wildman–Crippen LogP) is 2.43. The number of rotatable bonds is 4. The highest BCUT2D eigenvalue weighted by Crippen LogP contribution is 2.19. The number of piperidine rings is 1. The molecule has 0 saturated carbocycles. The van der Waals surface area contributed by atoms with Crippen molar-refractivity contribution < 1.29 is 9.53 Å². The minimum absolute atomic E-state index is 0.0452. The molecule has 1 atom stereocenters. The van der Waals surface area contributed by atoms with Crippen LogP contribution in [0.4, 0.5) is 0 Å². The zero-order valence-electron chi connectivity index (χ0n) is 10.4. The third-order valence-corrected chi connectivity index (χ3v) is 4.43. The molecule has 0 radical (unpaired) electrons. The van der Waals surface area contributed by atoms with Crippen LogP contribution in [0.15, 0.2) is 0 Å². The van der Waals surface area contributed by atoms with Crippen LogP contribution >= 0.6 is 15.9 Å². The van der Waals surface area contributed by atoms with Gasteiger partial charge >= 0.3 is 0 Å². The van der Waals surface area contributed by atoms with E-state index in [-0.39, 0.29) is 10.7 Å². The van der Waals surface area contributed by atoms with E-state index in [9.17, 15) is 4.79 Å². The minimum Gasteiger partial charge on any atom is -0.378 e. The van der Waals surface area contributed by atoms with E-state index in [0.29, 0.717) is 12.0 Å². The molecule has 3 nitrogen and oxygen atoms in total. The van der Waals surface area contributed by atoms with E-state index in [1.807, 2.05) is 11.8 Å². The van der Waals surface area contributed by atoms with Crippen molar-refractivity contribution in [3.8, 4) is 0 Å². The Morgan fingerprint density at radius 1 is 1.44 bits per heavy atom. The lowest BCUT2D eigenvalue weighted by molar-refractivity contribution is -0.133. The van der Waals surface area contributed by atoms with Crippen molar-refractivity contribution in [2.45, 2.75) is 44.5 Å². The van der Waals surface area contributed by atoms with E-state index < -0.39 is 0 Å². The number of amides is 1. The van der Waals surface area contributed by atoms with E-state index in [1.54, 1.807) is 0 Å². The zero-order chi connectivity index (χ0) is 12.1. The van der Waals surface area contributed by atoms with Gasteiger partial charge in [-0.2, -0.15) is 0 Å². The summed E-state index contributed by atoms with van der Waals surface area (Å²) in [5, 5.41) is 0. The summed E-state index contributed by atoms with van der Waals surface area (Å²) < 4.78 is 5.57. The lowest BCUT2D eigenvalue weighted by atomic mass is 10.1. The Hall–Kier alpha value is -0.0900. The molecule has 94 valence electrons. The average molecular weight is 292 g/mol. The number of nitrogens with zero attached hydrogens (tertiary/aromatic N) is 1. The van der Waals surface area contributed by atoms with E-state index >= 15 is 0 Å². The van der Waals surface area contributed by atoms with Gasteiger partial charge in [-0.3, -0.25) is 4.79 Å². The number of likely N-dealkylation sites (tertiary alicyclic amines) is 1. The van der Waals surface area contributed by atoms with Crippen molar-refractivity contribution in [3.05, 3.63) is 0 Å². The normalized spacial score (nSPS) is 20.2. The number of carbonyl (C=O) groups excluding carboxylic acids is 1. The molecule has 0 aromatic heterocycles. The van der Waals surface area contributed by atoms with Crippen molar-refractivity contribution in [2.24, 2.45) is 5.92 Å². The van der Waals surface area contributed by atoms with Gasteiger partial charge in [0.25, 0.3) is 0 Å². The fourth-order valence-electron chi connectivity index (χ4n) is 1.94. The quantitative estimate of drug-likeness (QED) is 0.745. The van der Waals surface area contributed by atoms with E-state index in [2.05, 4.69) is 29.8 Å². The van der Waals surface area contributed by atoms with Crippen LogP contribution in [0.3, 0.4) is 0 Å². The largest absolute Gasteiger partial charge is 0.378 e. The van der Waals surface area contributed by atoms with Crippen LogP contribution in [0.5, 0.6) is 0 Å². The van der Waals surface area contributed by atoms with Crippen LogP contribution < -0.4 is 0 Å². The van der Waals surface area contributed by atoms with Crippen LogP contribution in [0, 0.1) is 5.92 Å². The van der Waals surface area contributed by atoms with E-state index in [1.165, 1.54) is 0 Å². The SMILES string of the molecule is CCOC1CCN(C(=O)C(Br)C(C)C)CC1. The first-order valence-electron chi connectivity index (χ1n) is 6.10. The van der Waals surface area contributed by atoms with Gasteiger partial charge in [0.15, 0.2) is 0 Å². The van der Waals surface area contributed by atoms with Crippen LogP contribution in [0.25, 0.3) is 0 Å². The second kappa shape index (κ2) is 6.60. The van der Waals surface area contributed by atoms with Crippen LogP contribution in [-0.4, -0.2) is 41.4 Å². The number of hydrogen-bond acceptors (Lipinski definition) is 2. The monoisotopic (exact) mass is 291 g/mol. The molecule has 1 heterocycles. The Morgan fingerprint density at radius 2 is 2.00 bits per heavy atom. The molecule has 1 unspecified atom stereocenters.